The van der Waals surface area contributed by atoms with Gasteiger partial charge in [0.05, 0.1) is 42.4 Å². The van der Waals surface area contributed by atoms with Gasteiger partial charge in [-0.05, 0) is 31.9 Å². The van der Waals surface area contributed by atoms with Crippen molar-refractivity contribution >= 4 is 27.2 Å². The van der Waals surface area contributed by atoms with E-state index in [4.69, 9.17) is 14.2 Å². The number of anilines is 2. The summed E-state index contributed by atoms with van der Waals surface area (Å²) in [6.07, 6.45) is 5.84. The summed E-state index contributed by atoms with van der Waals surface area (Å²) in [4.78, 5) is 13.9. The predicted octanol–water partition coefficient (Wildman–Crippen LogP) is 5.66. The summed E-state index contributed by atoms with van der Waals surface area (Å²) in [6, 6.07) is 13.0. The molecule has 0 fully saturated rings. The second kappa shape index (κ2) is 11.6. The first kappa shape index (κ1) is 26.6. The van der Waals surface area contributed by atoms with Crippen molar-refractivity contribution in [2.24, 2.45) is 5.41 Å². The van der Waals surface area contributed by atoms with E-state index in [2.05, 4.69) is 18.7 Å². The molecule has 2 aromatic rings. The fourth-order valence-corrected chi connectivity index (χ4v) is 6.65. The van der Waals surface area contributed by atoms with E-state index in [0.29, 0.717) is 18.0 Å². The van der Waals surface area contributed by atoms with Crippen molar-refractivity contribution in [3.63, 3.8) is 0 Å². The minimum Gasteiger partial charge on any atom is -0.493 e. The molecule has 8 heteroatoms. The van der Waals surface area contributed by atoms with Gasteiger partial charge in [0.1, 0.15) is 0 Å². The monoisotopic (exact) mass is 501 g/mol. The van der Waals surface area contributed by atoms with Crippen LogP contribution in [0.1, 0.15) is 46.5 Å². The molecule has 0 amide bonds. The van der Waals surface area contributed by atoms with Crippen LogP contribution in [0, 0.1) is 5.41 Å². The normalized spacial score (nSPS) is 19.1. The highest BCUT2D eigenvalue weighted by atomic mass is 32.2. The largest absolute Gasteiger partial charge is 0.493 e. The molecular formula is C27H35NO6S. The number of unbranched alkanes of at least 4 members (excludes halogenated alkanes) is 1. The lowest BCUT2D eigenvalue weighted by atomic mass is 9.81. The fourth-order valence-electron chi connectivity index (χ4n) is 4.47. The van der Waals surface area contributed by atoms with Gasteiger partial charge in [-0.2, -0.15) is 0 Å². The molecule has 0 aromatic heterocycles. The zero-order chi connectivity index (χ0) is 25.5. The quantitative estimate of drug-likeness (QED) is 0.236. The van der Waals surface area contributed by atoms with Gasteiger partial charge in [0.25, 0.3) is 0 Å². The molecule has 3 rings (SSSR count). The molecule has 0 spiro atoms. The topological polar surface area (TPSA) is 82.1 Å². The number of carbonyl (C=O) groups excluding carboxylic acids is 1. The third-order valence-corrected chi connectivity index (χ3v) is 8.41. The van der Waals surface area contributed by atoms with Crippen LogP contribution in [0.15, 0.2) is 59.7 Å². The van der Waals surface area contributed by atoms with Crippen molar-refractivity contribution < 1.29 is 27.4 Å². The zero-order valence-electron chi connectivity index (χ0n) is 21.0. The Morgan fingerprint density at radius 3 is 2.49 bits per heavy atom. The van der Waals surface area contributed by atoms with E-state index in [9.17, 15) is 13.2 Å². The Balaban J connectivity index is 2.16. The maximum atomic E-state index is 13.8. The van der Waals surface area contributed by atoms with E-state index >= 15 is 0 Å². The molecular weight excluding hydrogens is 466 g/mol. The van der Waals surface area contributed by atoms with Crippen LogP contribution < -0.4 is 14.4 Å². The lowest BCUT2D eigenvalue weighted by Crippen LogP contribution is -2.37. The standard InChI is InChI=1S/C27H35NO6S/c1-5-8-15-27(6-2)19-28(21-12-10-9-11-13-21)22-17-23(32-4)24(18-25(22)35(30,31)20-27)34-16-14-26(29)33-7-3/h9-14,16-18H,5-8,15,19-20H2,1-4H3/b16-14+. The smallest absolute Gasteiger partial charge is 0.333 e. The van der Waals surface area contributed by atoms with Crippen molar-refractivity contribution in [1.82, 2.24) is 0 Å². The summed E-state index contributed by atoms with van der Waals surface area (Å²) in [5.74, 6) is 0.0803. The van der Waals surface area contributed by atoms with Gasteiger partial charge in [0, 0.05) is 29.8 Å². The highest BCUT2D eigenvalue weighted by Crippen LogP contribution is 2.47. The third-order valence-electron chi connectivity index (χ3n) is 6.43. The molecule has 1 atom stereocenters. The highest BCUT2D eigenvalue weighted by Gasteiger charge is 2.42. The number of hydrogen-bond donors (Lipinski definition) is 0. The lowest BCUT2D eigenvalue weighted by Gasteiger charge is -2.36. The Hall–Kier alpha value is -3.00. The number of carbonyl (C=O) groups is 1. The molecule has 0 bridgehead atoms. The van der Waals surface area contributed by atoms with Gasteiger partial charge < -0.3 is 19.1 Å². The summed E-state index contributed by atoms with van der Waals surface area (Å²) in [7, 11) is -2.16. The number of benzene rings is 2. The Morgan fingerprint density at radius 2 is 1.86 bits per heavy atom. The number of methoxy groups -OCH3 is 1. The third kappa shape index (κ3) is 6.17. The summed E-state index contributed by atoms with van der Waals surface area (Å²) < 4.78 is 43.7. The maximum absolute atomic E-state index is 13.8. The summed E-state index contributed by atoms with van der Waals surface area (Å²) in [5.41, 5.74) is 1.07. The van der Waals surface area contributed by atoms with Gasteiger partial charge in [-0.15, -0.1) is 0 Å². The molecule has 2 aromatic carbocycles. The van der Waals surface area contributed by atoms with Gasteiger partial charge >= 0.3 is 5.97 Å². The van der Waals surface area contributed by atoms with Crippen molar-refractivity contribution in [3.8, 4) is 11.5 Å². The highest BCUT2D eigenvalue weighted by molar-refractivity contribution is 7.91. The first-order chi connectivity index (χ1) is 16.8. The molecule has 1 unspecified atom stereocenters. The Morgan fingerprint density at radius 1 is 1.11 bits per heavy atom. The summed E-state index contributed by atoms with van der Waals surface area (Å²) in [5, 5.41) is 0. The number of rotatable bonds is 10. The molecule has 35 heavy (non-hydrogen) atoms. The minimum atomic E-state index is -3.66. The van der Waals surface area contributed by atoms with E-state index in [1.54, 1.807) is 13.0 Å². The van der Waals surface area contributed by atoms with Crippen LogP contribution in [-0.2, 0) is 19.4 Å². The Labute approximate surface area is 208 Å². The van der Waals surface area contributed by atoms with Gasteiger partial charge in [-0.25, -0.2) is 13.2 Å². The predicted molar refractivity (Wildman–Crippen MR) is 137 cm³/mol. The number of ether oxygens (including phenoxy) is 3. The maximum Gasteiger partial charge on any atom is 0.333 e. The Kier molecular flexibility index (Phi) is 8.83. The molecule has 190 valence electrons. The van der Waals surface area contributed by atoms with Crippen LogP contribution >= 0.6 is 0 Å². The second-order valence-corrected chi connectivity index (χ2v) is 10.7. The van der Waals surface area contributed by atoms with Crippen LogP contribution in [0.3, 0.4) is 0 Å². The molecule has 0 radical (unpaired) electrons. The second-order valence-electron chi connectivity index (χ2n) is 8.78. The molecule has 0 saturated carbocycles. The van der Waals surface area contributed by atoms with Gasteiger partial charge in [0.2, 0.25) is 0 Å². The minimum absolute atomic E-state index is 0.0528. The molecule has 0 saturated heterocycles. The van der Waals surface area contributed by atoms with Crippen LogP contribution in [0.2, 0.25) is 0 Å². The average Bonchev–Trinajstić information content (AvgIpc) is 2.95. The molecule has 0 N–H and O–H groups in total. The van der Waals surface area contributed by atoms with Gasteiger partial charge in [-0.3, -0.25) is 0 Å². The van der Waals surface area contributed by atoms with Crippen molar-refractivity contribution in [3.05, 3.63) is 54.8 Å². The summed E-state index contributed by atoms with van der Waals surface area (Å²) >= 11 is 0. The van der Waals surface area contributed by atoms with E-state index in [0.717, 1.165) is 37.4 Å². The van der Waals surface area contributed by atoms with Crippen molar-refractivity contribution in [2.45, 2.75) is 51.3 Å². The first-order valence-corrected chi connectivity index (χ1v) is 13.7. The number of para-hydroxylation sites is 1. The summed E-state index contributed by atoms with van der Waals surface area (Å²) in [6.45, 7) is 6.72. The van der Waals surface area contributed by atoms with E-state index in [-0.39, 0.29) is 23.0 Å². The average molecular weight is 502 g/mol. The zero-order valence-corrected chi connectivity index (χ0v) is 21.8. The molecule has 0 aliphatic carbocycles. The molecule has 1 aliphatic heterocycles. The van der Waals surface area contributed by atoms with E-state index < -0.39 is 21.2 Å². The number of fused-ring (bicyclic) bond motifs is 1. The Bertz CT molecular complexity index is 1150. The molecule has 1 heterocycles. The molecule has 1 aliphatic rings. The van der Waals surface area contributed by atoms with Crippen LogP contribution in [-0.4, -0.2) is 40.4 Å². The van der Waals surface area contributed by atoms with E-state index in [1.807, 2.05) is 30.3 Å². The number of sulfone groups is 1. The molecule has 7 nitrogen and oxygen atoms in total. The number of nitrogens with zero attached hydrogens (tertiary/aromatic N) is 1. The number of hydrogen-bond acceptors (Lipinski definition) is 7. The number of esters is 1. The van der Waals surface area contributed by atoms with Crippen molar-refractivity contribution in [1.29, 1.82) is 0 Å². The van der Waals surface area contributed by atoms with Crippen molar-refractivity contribution in [2.75, 3.05) is 30.9 Å². The lowest BCUT2D eigenvalue weighted by molar-refractivity contribution is -0.137. The first-order valence-electron chi connectivity index (χ1n) is 12.1. The van der Waals surface area contributed by atoms with Crippen LogP contribution in [0.25, 0.3) is 0 Å². The van der Waals surface area contributed by atoms with Gasteiger partial charge in [-0.1, -0.05) is 44.9 Å². The fraction of sp³-hybridized carbons (Fsp3) is 0.444. The van der Waals surface area contributed by atoms with E-state index in [1.165, 1.54) is 19.4 Å². The van der Waals surface area contributed by atoms with Crippen LogP contribution in [0.4, 0.5) is 11.4 Å². The van der Waals surface area contributed by atoms with Gasteiger partial charge in [0.15, 0.2) is 21.3 Å². The van der Waals surface area contributed by atoms with Crippen LogP contribution in [0.5, 0.6) is 11.5 Å². The SMILES string of the molecule is CCCCC1(CC)CN(c2ccccc2)c2cc(OC)c(O/C=C/C(=O)OCC)cc2S(=O)(=O)C1.